The minimum Gasteiger partial charge on any atom is -0.466 e. The Morgan fingerprint density at radius 1 is 1.29 bits per heavy atom. The van der Waals surface area contributed by atoms with Gasteiger partial charge in [0, 0.05) is 12.6 Å². The third-order valence-electron chi connectivity index (χ3n) is 2.39. The predicted molar refractivity (Wildman–Crippen MR) is 58.2 cm³/mol. The van der Waals surface area contributed by atoms with Gasteiger partial charge in [-0.1, -0.05) is 20.8 Å². The fourth-order valence-corrected chi connectivity index (χ4v) is 1.29. The normalized spacial score (nSPS) is 12.9. The molecule has 84 valence electrons. The average Bonchev–Trinajstić information content (AvgIpc) is 2.19. The number of nitrogens with one attached hydrogen (secondary N) is 1. The maximum atomic E-state index is 11.3. The van der Waals surface area contributed by atoms with Gasteiger partial charge in [0.25, 0.3) is 0 Å². The highest BCUT2D eigenvalue weighted by Gasteiger charge is 2.14. The molecule has 0 rings (SSSR count). The van der Waals surface area contributed by atoms with E-state index in [0.717, 1.165) is 12.8 Å². The van der Waals surface area contributed by atoms with Crippen LogP contribution in [0.3, 0.4) is 0 Å². The van der Waals surface area contributed by atoms with E-state index in [1.165, 1.54) is 0 Å². The Morgan fingerprint density at radius 2 is 1.86 bits per heavy atom. The maximum absolute atomic E-state index is 11.3. The van der Waals surface area contributed by atoms with Gasteiger partial charge in [-0.15, -0.1) is 0 Å². The van der Waals surface area contributed by atoms with Gasteiger partial charge in [0.15, 0.2) is 0 Å². The summed E-state index contributed by atoms with van der Waals surface area (Å²) in [6, 6.07) is 0.520. The van der Waals surface area contributed by atoms with E-state index in [1.807, 2.05) is 13.8 Å². The highest BCUT2D eigenvalue weighted by atomic mass is 16.5. The summed E-state index contributed by atoms with van der Waals surface area (Å²) < 4.78 is 4.92. The number of hydrogen-bond donors (Lipinski definition) is 1. The molecule has 0 saturated carbocycles. The first-order valence-electron chi connectivity index (χ1n) is 5.55. The van der Waals surface area contributed by atoms with Crippen LogP contribution >= 0.6 is 0 Å². The molecule has 0 saturated heterocycles. The summed E-state index contributed by atoms with van der Waals surface area (Å²) in [4.78, 5) is 11.3. The van der Waals surface area contributed by atoms with Gasteiger partial charge in [0.1, 0.15) is 0 Å². The second-order valence-corrected chi connectivity index (χ2v) is 3.57. The summed E-state index contributed by atoms with van der Waals surface area (Å²) in [7, 11) is 0. The molecule has 0 radical (unpaired) electrons. The zero-order valence-corrected chi connectivity index (χ0v) is 9.80. The third-order valence-corrected chi connectivity index (χ3v) is 2.39. The Balaban J connectivity index is 3.71. The number of esters is 1. The van der Waals surface area contributed by atoms with Crippen molar-refractivity contribution in [2.45, 2.75) is 46.6 Å². The van der Waals surface area contributed by atoms with Crippen LogP contribution in [0, 0.1) is 5.92 Å². The largest absolute Gasteiger partial charge is 0.466 e. The molecule has 3 nitrogen and oxygen atoms in total. The molecule has 0 bridgehead atoms. The molecular formula is C11H23NO2. The molecule has 0 fully saturated rings. The number of hydrogen-bond acceptors (Lipinski definition) is 3. The van der Waals surface area contributed by atoms with E-state index >= 15 is 0 Å². The van der Waals surface area contributed by atoms with Crippen LogP contribution in [0.2, 0.25) is 0 Å². The van der Waals surface area contributed by atoms with Crippen LogP contribution < -0.4 is 5.32 Å². The lowest BCUT2D eigenvalue weighted by Crippen LogP contribution is -2.34. The quantitative estimate of drug-likeness (QED) is 0.640. The second-order valence-electron chi connectivity index (χ2n) is 3.57. The standard InChI is InChI=1S/C11H23NO2/c1-5-10(6-2)12-8-9(4)11(13)14-7-3/h9-10,12H,5-8H2,1-4H3. The molecule has 0 aliphatic carbocycles. The summed E-state index contributed by atoms with van der Waals surface area (Å²) in [5, 5.41) is 3.36. The summed E-state index contributed by atoms with van der Waals surface area (Å²) >= 11 is 0. The molecule has 0 aliphatic rings. The van der Waals surface area contributed by atoms with E-state index < -0.39 is 0 Å². The molecule has 0 amide bonds. The van der Waals surface area contributed by atoms with E-state index in [9.17, 15) is 4.79 Å². The van der Waals surface area contributed by atoms with Crippen LogP contribution in [-0.2, 0) is 9.53 Å². The van der Waals surface area contributed by atoms with Gasteiger partial charge in [-0.25, -0.2) is 0 Å². The van der Waals surface area contributed by atoms with Gasteiger partial charge in [-0.05, 0) is 19.8 Å². The Labute approximate surface area is 87.2 Å². The van der Waals surface area contributed by atoms with Crippen LogP contribution in [0.5, 0.6) is 0 Å². The summed E-state index contributed by atoms with van der Waals surface area (Å²) in [6.07, 6.45) is 2.21. The van der Waals surface area contributed by atoms with Crippen molar-refractivity contribution < 1.29 is 9.53 Å². The van der Waals surface area contributed by atoms with Crippen LogP contribution in [0.15, 0.2) is 0 Å². The van der Waals surface area contributed by atoms with E-state index in [0.29, 0.717) is 19.2 Å². The average molecular weight is 201 g/mol. The Morgan fingerprint density at radius 3 is 2.29 bits per heavy atom. The first-order chi connectivity index (χ1) is 6.65. The number of ether oxygens (including phenoxy) is 1. The Kier molecular flexibility index (Phi) is 7.48. The molecule has 1 N–H and O–H groups in total. The zero-order chi connectivity index (χ0) is 11.0. The van der Waals surface area contributed by atoms with E-state index in [2.05, 4.69) is 19.2 Å². The third kappa shape index (κ3) is 5.22. The summed E-state index contributed by atoms with van der Waals surface area (Å²) in [5.74, 6) is -0.151. The van der Waals surface area contributed by atoms with Crippen molar-refractivity contribution in [1.29, 1.82) is 0 Å². The highest BCUT2D eigenvalue weighted by molar-refractivity contribution is 5.72. The molecule has 0 aliphatic heterocycles. The molecular weight excluding hydrogens is 178 g/mol. The van der Waals surface area contributed by atoms with Gasteiger partial charge in [0.05, 0.1) is 12.5 Å². The van der Waals surface area contributed by atoms with E-state index in [4.69, 9.17) is 4.74 Å². The number of rotatable bonds is 7. The van der Waals surface area contributed by atoms with Crippen molar-refractivity contribution in [3.05, 3.63) is 0 Å². The summed E-state index contributed by atoms with van der Waals surface area (Å²) in [5.41, 5.74) is 0. The fraction of sp³-hybridized carbons (Fsp3) is 0.909. The van der Waals surface area contributed by atoms with Crippen LogP contribution in [0.25, 0.3) is 0 Å². The monoisotopic (exact) mass is 201 g/mol. The Hall–Kier alpha value is -0.570. The lowest BCUT2D eigenvalue weighted by Gasteiger charge is -2.17. The minimum atomic E-state index is -0.106. The molecule has 3 heteroatoms. The predicted octanol–water partition coefficient (Wildman–Crippen LogP) is 1.96. The minimum absolute atomic E-state index is 0.0458. The molecule has 14 heavy (non-hydrogen) atoms. The topological polar surface area (TPSA) is 38.3 Å². The van der Waals surface area contributed by atoms with Gasteiger partial charge < -0.3 is 10.1 Å². The van der Waals surface area contributed by atoms with Crippen molar-refractivity contribution >= 4 is 5.97 Å². The van der Waals surface area contributed by atoms with Crippen molar-refractivity contribution in [1.82, 2.24) is 5.32 Å². The van der Waals surface area contributed by atoms with Crippen molar-refractivity contribution in [3.63, 3.8) is 0 Å². The molecule has 0 aromatic carbocycles. The number of carbonyl (C=O) groups excluding carboxylic acids is 1. The second kappa shape index (κ2) is 7.80. The van der Waals surface area contributed by atoms with E-state index in [1.54, 1.807) is 0 Å². The van der Waals surface area contributed by atoms with E-state index in [-0.39, 0.29) is 11.9 Å². The molecule has 0 aromatic rings. The molecule has 1 unspecified atom stereocenters. The first kappa shape index (κ1) is 13.4. The van der Waals surface area contributed by atoms with Crippen LogP contribution in [0.4, 0.5) is 0 Å². The van der Waals surface area contributed by atoms with Gasteiger partial charge in [0.2, 0.25) is 0 Å². The zero-order valence-electron chi connectivity index (χ0n) is 9.80. The lowest BCUT2D eigenvalue weighted by molar-refractivity contribution is -0.147. The maximum Gasteiger partial charge on any atom is 0.309 e. The summed E-state index contributed by atoms with van der Waals surface area (Å²) in [6.45, 7) is 9.21. The van der Waals surface area contributed by atoms with Gasteiger partial charge in [-0.3, -0.25) is 4.79 Å². The SMILES string of the molecule is CCOC(=O)C(C)CNC(CC)CC. The van der Waals surface area contributed by atoms with Crippen molar-refractivity contribution in [3.8, 4) is 0 Å². The molecule has 0 spiro atoms. The smallest absolute Gasteiger partial charge is 0.309 e. The van der Waals surface area contributed by atoms with Crippen molar-refractivity contribution in [2.24, 2.45) is 5.92 Å². The highest BCUT2D eigenvalue weighted by Crippen LogP contribution is 2.01. The van der Waals surface area contributed by atoms with Crippen LogP contribution in [0.1, 0.15) is 40.5 Å². The van der Waals surface area contributed by atoms with Crippen LogP contribution in [-0.4, -0.2) is 25.2 Å². The first-order valence-corrected chi connectivity index (χ1v) is 5.55. The van der Waals surface area contributed by atoms with Crippen molar-refractivity contribution in [2.75, 3.05) is 13.2 Å². The number of carbonyl (C=O) groups is 1. The molecule has 0 aromatic heterocycles. The molecule has 1 atom stereocenters. The lowest BCUT2D eigenvalue weighted by atomic mass is 10.1. The van der Waals surface area contributed by atoms with Gasteiger partial charge in [-0.2, -0.15) is 0 Å². The van der Waals surface area contributed by atoms with Gasteiger partial charge >= 0.3 is 5.97 Å². The fourth-order valence-electron chi connectivity index (χ4n) is 1.29. The molecule has 0 heterocycles. The Bertz CT molecular complexity index is 155.